The molecule has 128 valence electrons. The van der Waals surface area contributed by atoms with Crippen LogP contribution in [-0.2, 0) is 9.59 Å². The molecular formula is C21H25ClO2. The van der Waals surface area contributed by atoms with Gasteiger partial charge in [0.2, 0.25) is 0 Å². The Bertz CT molecular complexity index is 715. The first-order valence-corrected chi connectivity index (χ1v) is 9.48. The summed E-state index contributed by atoms with van der Waals surface area (Å²) in [5.41, 5.74) is 0.939. The van der Waals surface area contributed by atoms with Crippen LogP contribution in [0.5, 0.6) is 0 Å². The van der Waals surface area contributed by atoms with E-state index in [0.717, 1.165) is 36.3 Å². The van der Waals surface area contributed by atoms with Crippen LogP contribution in [0.15, 0.2) is 34.9 Å². The topological polar surface area (TPSA) is 34.1 Å². The lowest BCUT2D eigenvalue weighted by atomic mass is 9.49. The first kappa shape index (κ1) is 16.3. The third kappa shape index (κ3) is 2.02. The summed E-state index contributed by atoms with van der Waals surface area (Å²) in [5, 5.41) is 0.743. The Balaban J connectivity index is 1.79. The average molecular weight is 345 g/mol. The Kier molecular flexibility index (Phi) is 3.52. The maximum absolute atomic E-state index is 12.2. The molecule has 2 fully saturated rings. The van der Waals surface area contributed by atoms with E-state index in [1.54, 1.807) is 19.1 Å². The number of carbonyl (C=O) groups excluding carboxylic acids is 2. The lowest BCUT2D eigenvalue weighted by molar-refractivity contribution is -0.126. The SMILES string of the molecule is CC(=O)[C@H]1CC[C@H]2[C@@H]3C=C(Cl)C4=CC(=O)C=C[C@]4(C)[C@H]3CC[C@]12C. The molecule has 0 saturated heterocycles. The van der Waals surface area contributed by atoms with Gasteiger partial charge in [0.05, 0.1) is 0 Å². The minimum absolute atomic E-state index is 0.0330. The number of halogens is 1. The molecule has 2 saturated carbocycles. The molecule has 0 unspecified atom stereocenters. The number of allylic oxidation sites excluding steroid dienone is 6. The Hall–Kier alpha value is -1.15. The number of hydrogen-bond donors (Lipinski definition) is 0. The molecule has 0 N–H and O–H groups in total. The van der Waals surface area contributed by atoms with E-state index in [1.165, 1.54) is 0 Å². The smallest absolute Gasteiger partial charge is 0.178 e. The summed E-state index contributed by atoms with van der Waals surface area (Å²) in [6.07, 6.45) is 12.0. The van der Waals surface area contributed by atoms with Crippen LogP contribution < -0.4 is 0 Å². The van der Waals surface area contributed by atoms with Crippen molar-refractivity contribution in [3.63, 3.8) is 0 Å². The monoisotopic (exact) mass is 344 g/mol. The highest BCUT2D eigenvalue weighted by atomic mass is 35.5. The molecule has 24 heavy (non-hydrogen) atoms. The van der Waals surface area contributed by atoms with E-state index in [2.05, 4.69) is 26.0 Å². The minimum atomic E-state index is -0.153. The van der Waals surface area contributed by atoms with E-state index < -0.39 is 0 Å². The molecule has 2 nitrogen and oxygen atoms in total. The second-order valence-electron chi connectivity index (χ2n) is 8.67. The number of hydrogen-bond acceptors (Lipinski definition) is 2. The summed E-state index contributed by atoms with van der Waals surface area (Å²) in [6, 6.07) is 0. The summed E-state index contributed by atoms with van der Waals surface area (Å²) < 4.78 is 0. The van der Waals surface area contributed by atoms with Gasteiger partial charge in [-0.3, -0.25) is 9.59 Å². The summed E-state index contributed by atoms with van der Waals surface area (Å²) in [6.45, 7) is 6.31. The molecule has 0 heterocycles. The summed E-state index contributed by atoms with van der Waals surface area (Å²) in [7, 11) is 0. The standard InChI is InChI=1S/C21H25ClO2/c1-12(23)15-4-5-16-14-11-19(22)18-10-13(24)6-8-21(18,3)17(14)7-9-20(15,16)2/h6,8,10-11,14-17H,4-5,7,9H2,1-3H3/t14-,15+,16-,17-,20+,21+/m0/s1. The fourth-order valence-electron chi connectivity index (χ4n) is 6.39. The Morgan fingerprint density at radius 3 is 2.67 bits per heavy atom. The zero-order chi connectivity index (χ0) is 17.3. The second-order valence-corrected chi connectivity index (χ2v) is 9.07. The van der Waals surface area contributed by atoms with Crippen LogP contribution in [0, 0.1) is 34.5 Å². The van der Waals surface area contributed by atoms with Gasteiger partial charge in [-0.1, -0.05) is 37.6 Å². The number of rotatable bonds is 1. The molecule has 0 bridgehead atoms. The normalized spacial score (nSPS) is 46.6. The van der Waals surface area contributed by atoms with E-state index in [-0.39, 0.29) is 22.5 Å². The van der Waals surface area contributed by atoms with E-state index >= 15 is 0 Å². The lowest BCUT2D eigenvalue weighted by Gasteiger charge is -2.55. The molecular weight excluding hydrogens is 320 g/mol. The van der Waals surface area contributed by atoms with Gasteiger partial charge in [0.15, 0.2) is 5.78 Å². The quantitative estimate of drug-likeness (QED) is 0.682. The van der Waals surface area contributed by atoms with Gasteiger partial charge >= 0.3 is 0 Å². The van der Waals surface area contributed by atoms with Gasteiger partial charge in [-0.05, 0) is 73.5 Å². The third-order valence-electron chi connectivity index (χ3n) is 7.65. The van der Waals surface area contributed by atoms with Crippen LogP contribution in [0.1, 0.15) is 46.5 Å². The molecule has 0 aromatic rings. The summed E-state index contributed by atoms with van der Waals surface area (Å²) in [5.74, 6) is 1.97. The molecule has 0 amide bonds. The van der Waals surface area contributed by atoms with Gasteiger partial charge in [0.1, 0.15) is 5.78 Å². The van der Waals surface area contributed by atoms with Gasteiger partial charge in [0.25, 0.3) is 0 Å². The van der Waals surface area contributed by atoms with Crippen molar-refractivity contribution >= 4 is 23.2 Å². The Morgan fingerprint density at radius 2 is 1.96 bits per heavy atom. The maximum Gasteiger partial charge on any atom is 0.178 e. The van der Waals surface area contributed by atoms with E-state index in [1.807, 2.05) is 0 Å². The highest BCUT2D eigenvalue weighted by Crippen LogP contribution is 2.65. The first-order chi connectivity index (χ1) is 11.3. The number of ketones is 2. The molecule has 0 aliphatic heterocycles. The maximum atomic E-state index is 12.2. The molecule has 3 heteroatoms. The fraction of sp³-hybridized carbons (Fsp3) is 0.619. The molecule has 4 rings (SSSR count). The van der Waals surface area contributed by atoms with Crippen LogP contribution in [0.25, 0.3) is 0 Å². The third-order valence-corrected chi connectivity index (χ3v) is 7.98. The molecule has 0 radical (unpaired) electrons. The average Bonchev–Trinajstić information content (AvgIpc) is 2.87. The van der Waals surface area contributed by atoms with Crippen molar-refractivity contribution in [3.05, 3.63) is 34.9 Å². The van der Waals surface area contributed by atoms with Crippen LogP contribution in [0.2, 0.25) is 0 Å². The zero-order valence-electron chi connectivity index (χ0n) is 14.6. The van der Waals surface area contributed by atoms with Gasteiger partial charge in [0, 0.05) is 16.4 Å². The van der Waals surface area contributed by atoms with E-state index in [0.29, 0.717) is 23.5 Å². The summed E-state index contributed by atoms with van der Waals surface area (Å²) >= 11 is 6.64. The van der Waals surface area contributed by atoms with Crippen molar-refractivity contribution in [1.29, 1.82) is 0 Å². The largest absolute Gasteiger partial charge is 0.300 e. The molecule has 4 aliphatic rings. The second kappa shape index (κ2) is 5.17. The zero-order valence-corrected chi connectivity index (χ0v) is 15.4. The summed E-state index contributed by atoms with van der Waals surface area (Å²) in [4.78, 5) is 24.0. The Labute approximate surface area is 149 Å². The number of fused-ring (bicyclic) bond motifs is 5. The van der Waals surface area contributed by atoms with Gasteiger partial charge in [-0.15, -0.1) is 0 Å². The highest BCUT2D eigenvalue weighted by Gasteiger charge is 2.59. The predicted molar refractivity (Wildman–Crippen MR) is 95.5 cm³/mol. The van der Waals surface area contributed by atoms with Crippen molar-refractivity contribution in [2.24, 2.45) is 34.5 Å². The first-order valence-electron chi connectivity index (χ1n) is 9.11. The predicted octanol–water partition coefficient (Wildman–Crippen LogP) is 4.84. The highest BCUT2D eigenvalue weighted by molar-refractivity contribution is 6.32. The molecule has 6 atom stereocenters. The molecule has 0 aromatic heterocycles. The van der Waals surface area contributed by atoms with Gasteiger partial charge in [-0.2, -0.15) is 0 Å². The number of carbonyl (C=O) groups is 2. The van der Waals surface area contributed by atoms with Gasteiger partial charge in [-0.25, -0.2) is 0 Å². The molecule has 0 spiro atoms. The minimum Gasteiger partial charge on any atom is -0.300 e. The Morgan fingerprint density at radius 1 is 1.21 bits per heavy atom. The van der Waals surface area contributed by atoms with Crippen molar-refractivity contribution in [3.8, 4) is 0 Å². The van der Waals surface area contributed by atoms with Crippen LogP contribution in [0.3, 0.4) is 0 Å². The van der Waals surface area contributed by atoms with Crippen LogP contribution >= 0.6 is 11.6 Å². The van der Waals surface area contributed by atoms with Crippen molar-refractivity contribution in [2.45, 2.75) is 46.5 Å². The van der Waals surface area contributed by atoms with Crippen molar-refractivity contribution < 1.29 is 9.59 Å². The van der Waals surface area contributed by atoms with Gasteiger partial charge < -0.3 is 0 Å². The lowest BCUT2D eigenvalue weighted by Crippen LogP contribution is -2.49. The van der Waals surface area contributed by atoms with Crippen LogP contribution in [0.4, 0.5) is 0 Å². The van der Waals surface area contributed by atoms with Crippen molar-refractivity contribution in [1.82, 2.24) is 0 Å². The van der Waals surface area contributed by atoms with Crippen LogP contribution in [-0.4, -0.2) is 11.6 Å². The fourth-order valence-corrected chi connectivity index (χ4v) is 6.80. The van der Waals surface area contributed by atoms with E-state index in [4.69, 9.17) is 11.6 Å². The number of Topliss-reactive ketones (excluding diaryl/α,β-unsaturated/α-hetero) is 1. The molecule has 4 aliphatic carbocycles. The van der Waals surface area contributed by atoms with Crippen molar-refractivity contribution in [2.75, 3.05) is 0 Å². The molecule has 0 aromatic carbocycles. The van der Waals surface area contributed by atoms with E-state index in [9.17, 15) is 9.59 Å².